The van der Waals surface area contributed by atoms with Gasteiger partial charge in [0.05, 0.1) is 5.41 Å². The number of hydrogen-bond donors (Lipinski definition) is 2. The van der Waals surface area contributed by atoms with Crippen molar-refractivity contribution in [1.29, 1.82) is 0 Å². The van der Waals surface area contributed by atoms with Gasteiger partial charge >= 0.3 is 0 Å². The van der Waals surface area contributed by atoms with Crippen LogP contribution in [-0.2, 0) is 11.2 Å². The Morgan fingerprint density at radius 2 is 1.95 bits per heavy atom. The van der Waals surface area contributed by atoms with Gasteiger partial charge in [-0.1, -0.05) is 30.3 Å². The van der Waals surface area contributed by atoms with Crippen LogP contribution in [-0.4, -0.2) is 31.0 Å². The van der Waals surface area contributed by atoms with E-state index in [2.05, 4.69) is 10.6 Å². The third kappa shape index (κ3) is 3.07. The summed E-state index contributed by atoms with van der Waals surface area (Å²) in [5.41, 5.74) is 0.605. The molecule has 1 aliphatic heterocycles. The first-order valence-corrected chi connectivity index (χ1v) is 7.45. The second kappa shape index (κ2) is 5.37. The third-order valence-electron chi connectivity index (χ3n) is 4.52. The number of rotatable bonds is 4. The molecule has 0 aromatic heterocycles. The molecular formula is C16H20F2N2O. The van der Waals surface area contributed by atoms with Gasteiger partial charge in [-0.3, -0.25) is 4.79 Å². The molecule has 0 unspecified atom stereocenters. The van der Waals surface area contributed by atoms with E-state index in [4.69, 9.17) is 0 Å². The zero-order chi connectivity index (χ0) is 14.9. The summed E-state index contributed by atoms with van der Waals surface area (Å²) < 4.78 is 27.6. The molecule has 1 saturated carbocycles. The van der Waals surface area contributed by atoms with Crippen LogP contribution in [0.15, 0.2) is 30.3 Å². The van der Waals surface area contributed by atoms with Crippen LogP contribution in [0.3, 0.4) is 0 Å². The second-order valence-corrected chi connectivity index (χ2v) is 6.18. The molecule has 0 radical (unpaired) electrons. The van der Waals surface area contributed by atoms with Crippen molar-refractivity contribution < 1.29 is 13.6 Å². The Labute approximate surface area is 123 Å². The van der Waals surface area contributed by atoms with Gasteiger partial charge in [0.1, 0.15) is 6.04 Å². The average molecular weight is 294 g/mol. The summed E-state index contributed by atoms with van der Waals surface area (Å²) in [7, 11) is 0. The second-order valence-electron chi connectivity index (χ2n) is 6.18. The highest BCUT2D eigenvalue weighted by Crippen LogP contribution is 2.49. The van der Waals surface area contributed by atoms with Crippen molar-refractivity contribution in [1.82, 2.24) is 10.6 Å². The molecule has 2 fully saturated rings. The van der Waals surface area contributed by atoms with Gasteiger partial charge in [-0.05, 0) is 24.8 Å². The highest BCUT2D eigenvalue weighted by molar-refractivity contribution is 5.86. The molecule has 0 spiro atoms. The van der Waals surface area contributed by atoms with E-state index in [1.54, 1.807) is 0 Å². The summed E-state index contributed by atoms with van der Waals surface area (Å²) in [6.07, 6.45) is 1.97. The number of carbonyl (C=O) groups is 1. The highest BCUT2D eigenvalue weighted by atomic mass is 19.3. The van der Waals surface area contributed by atoms with E-state index in [1.165, 1.54) is 0 Å². The van der Waals surface area contributed by atoms with Gasteiger partial charge < -0.3 is 10.6 Å². The molecule has 2 aliphatic rings. The smallest absolute Gasteiger partial charge is 0.270 e. The van der Waals surface area contributed by atoms with Crippen molar-refractivity contribution in [2.24, 2.45) is 5.41 Å². The van der Waals surface area contributed by atoms with E-state index >= 15 is 0 Å². The van der Waals surface area contributed by atoms with Crippen molar-refractivity contribution in [3.63, 3.8) is 0 Å². The van der Waals surface area contributed by atoms with Gasteiger partial charge in [-0.2, -0.15) is 0 Å². The fourth-order valence-electron chi connectivity index (χ4n) is 2.91. The lowest BCUT2D eigenvalue weighted by molar-refractivity contribution is -0.132. The minimum absolute atomic E-state index is 0.139. The number of halogens is 2. The summed E-state index contributed by atoms with van der Waals surface area (Å²) >= 11 is 0. The predicted molar refractivity (Wildman–Crippen MR) is 76.2 cm³/mol. The minimum Gasteiger partial charge on any atom is -0.346 e. The summed E-state index contributed by atoms with van der Waals surface area (Å²) in [6.45, 7) is 0.439. The predicted octanol–water partition coefficient (Wildman–Crippen LogP) is 2.12. The van der Waals surface area contributed by atoms with Crippen molar-refractivity contribution in [2.75, 3.05) is 13.1 Å². The summed E-state index contributed by atoms with van der Waals surface area (Å²) in [5, 5.41) is 5.50. The lowest BCUT2D eigenvalue weighted by atomic mass is 9.94. The molecule has 1 heterocycles. The van der Waals surface area contributed by atoms with Crippen molar-refractivity contribution >= 4 is 5.91 Å². The summed E-state index contributed by atoms with van der Waals surface area (Å²) in [4.78, 5) is 12.4. The fraction of sp³-hybridized carbons (Fsp3) is 0.562. The Morgan fingerprint density at radius 1 is 1.24 bits per heavy atom. The molecule has 1 aromatic carbocycles. The van der Waals surface area contributed by atoms with Crippen LogP contribution in [0.2, 0.25) is 0 Å². The summed E-state index contributed by atoms with van der Waals surface area (Å²) in [5.74, 6) is -3.04. The normalized spacial score (nSPS) is 26.1. The zero-order valence-corrected chi connectivity index (χ0v) is 11.9. The first-order chi connectivity index (χ1) is 10.0. The highest BCUT2D eigenvalue weighted by Gasteiger charge is 2.52. The van der Waals surface area contributed by atoms with E-state index in [1.807, 2.05) is 30.3 Å². The van der Waals surface area contributed by atoms with Crippen molar-refractivity contribution in [3.8, 4) is 0 Å². The quantitative estimate of drug-likeness (QED) is 0.893. The van der Waals surface area contributed by atoms with Crippen LogP contribution in [0.5, 0.6) is 0 Å². The molecule has 2 N–H and O–H groups in total. The number of amides is 1. The monoisotopic (exact) mass is 294 g/mol. The Bertz CT molecular complexity index is 514. The Balaban J connectivity index is 1.65. The Kier molecular flexibility index (Phi) is 3.69. The average Bonchev–Trinajstić information content (AvgIpc) is 3.23. The maximum atomic E-state index is 13.8. The maximum Gasteiger partial charge on any atom is 0.270 e. The first-order valence-electron chi connectivity index (χ1n) is 7.45. The number of piperidine rings is 1. The molecule has 114 valence electrons. The topological polar surface area (TPSA) is 41.1 Å². The van der Waals surface area contributed by atoms with Gasteiger partial charge in [0, 0.05) is 19.5 Å². The molecule has 1 saturated heterocycles. The van der Waals surface area contributed by atoms with Crippen LogP contribution >= 0.6 is 0 Å². The minimum atomic E-state index is -2.82. The first kappa shape index (κ1) is 14.4. The molecular weight excluding hydrogens is 274 g/mol. The molecule has 1 amide bonds. The third-order valence-corrected chi connectivity index (χ3v) is 4.52. The van der Waals surface area contributed by atoms with Crippen molar-refractivity contribution in [2.45, 2.75) is 37.6 Å². The maximum absolute atomic E-state index is 13.8. The molecule has 5 heteroatoms. The standard InChI is InChI=1S/C16H20F2N2O/c17-16(18)8-9-19-11-13(16)20-14(21)15(6-7-15)10-12-4-2-1-3-5-12/h1-5,13,19H,6-11H2,(H,20,21)/t13-/m1/s1. The number of hydrogen-bond acceptors (Lipinski definition) is 2. The van der Waals surface area contributed by atoms with Crippen LogP contribution in [0, 0.1) is 5.41 Å². The van der Waals surface area contributed by atoms with Gasteiger partial charge in [-0.25, -0.2) is 8.78 Å². The van der Waals surface area contributed by atoms with Crippen LogP contribution in [0.1, 0.15) is 24.8 Å². The van der Waals surface area contributed by atoms with Gasteiger partial charge in [0.15, 0.2) is 0 Å². The van der Waals surface area contributed by atoms with Gasteiger partial charge in [-0.15, -0.1) is 0 Å². The fourth-order valence-corrected chi connectivity index (χ4v) is 2.91. The van der Waals surface area contributed by atoms with E-state index < -0.39 is 17.4 Å². The summed E-state index contributed by atoms with van der Waals surface area (Å²) in [6, 6.07) is 8.66. The van der Waals surface area contributed by atoms with Gasteiger partial charge in [0.2, 0.25) is 5.91 Å². The van der Waals surface area contributed by atoms with Crippen LogP contribution < -0.4 is 10.6 Å². The SMILES string of the molecule is O=C(N[C@@H]1CNCCC1(F)F)C1(Cc2ccccc2)CC1. The van der Waals surface area contributed by atoms with E-state index in [0.29, 0.717) is 13.0 Å². The van der Waals surface area contributed by atoms with E-state index in [-0.39, 0.29) is 18.9 Å². The molecule has 3 nitrogen and oxygen atoms in total. The number of benzene rings is 1. The molecule has 1 aliphatic carbocycles. The van der Waals surface area contributed by atoms with Crippen LogP contribution in [0.25, 0.3) is 0 Å². The lowest BCUT2D eigenvalue weighted by Crippen LogP contribution is -2.58. The molecule has 1 aromatic rings. The van der Waals surface area contributed by atoms with E-state index in [9.17, 15) is 13.6 Å². The number of alkyl halides is 2. The van der Waals surface area contributed by atoms with Gasteiger partial charge in [0.25, 0.3) is 5.92 Å². The van der Waals surface area contributed by atoms with Crippen molar-refractivity contribution in [3.05, 3.63) is 35.9 Å². The lowest BCUT2D eigenvalue weighted by Gasteiger charge is -2.33. The Hall–Kier alpha value is -1.49. The largest absolute Gasteiger partial charge is 0.346 e. The molecule has 21 heavy (non-hydrogen) atoms. The zero-order valence-electron chi connectivity index (χ0n) is 11.9. The number of nitrogens with one attached hydrogen (secondary N) is 2. The molecule has 1 atom stereocenters. The molecule has 0 bridgehead atoms. The van der Waals surface area contributed by atoms with E-state index in [0.717, 1.165) is 18.4 Å². The molecule has 3 rings (SSSR count). The number of carbonyl (C=O) groups excluding carboxylic acids is 1. The Morgan fingerprint density at radius 3 is 2.57 bits per heavy atom. The van der Waals surface area contributed by atoms with Crippen LogP contribution in [0.4, 0.5) is 8.78 Å².